The van der Waals surface area contributed by atoms with Crippen molar-refractivity contribution in [2.24, 2.45) is 4.99 Å². The standard InChI is InChI=1S/C36H27I2N3O7S/c1-3-47-35(43)30-31(22-7-5-4-6-8-22)39-36-40(32(30)23-11-15-27(46-2)16-12-23)34(42)29(49-36)18-24-17-25(37)19-28(38)33(24)48-20-21-9-13-26(14-10-21)41(44)45/h4-19,32H,3,20H2,1-2H3/b29-18-/t32-/m1/s1. The van der Waals surface area contributed by atoms with Gasteiger partial charge >= 0.3 is 5.97 Å². The number of non-ortho nitro benzene ring substituents is 1. The largest absolute Gasteiger partial charge is 0.497 e. The molecule has 1 aliphatic heterocycles. The Morgan fingerprint density at radius 1 is 1.04 bits per heavy atom. The van der Waals surface area contributed by atoms with Gasteiger partial charge < -0.3 is 14.2 Å². The number of aromatic nitrogens is 1. The van der Waals surface area contributed by atoms with Crippen LogP contribution in [0.1, 0.15) is 35.2 Å². The molecule has 1 aliphatic rings. The predicted molar refractivity (Wildman–Crippen MR) is 203 cm³/mol. The first kappa shape index (κ1) is 34.5. The molecule has 248 valence electrons. The van der Waals surface area contributed by atoms with Crippen molar-refractivity contribution >= 4 is 79.9 Å². The van der Waals surface area contributed by atoms with E-state index in [4.69, 9.17) is 19.2 Å². The highest BCUT2D eigenvalue weighted by atomic mass is 127. The minimum absolute atomic E-state index is 0.00172. The van der Waals surface area contributed by atoms with Gasteiger partial charge in [-0.15, -0.1) is 0 Å². The molecular formula is C36H27I2N3O7S. The smallest absolute Gasteiger partial charge is 0.338 e. The van der Waals surface area contributed by atoms with E-state index in [2.05, 4.69) is 45.2 Å². The van der Waals surface area contributed by atoms with Crippen LogP contribution in [0.15, 0.2) is 106 Å². The third-order valence-electron chi connectivity index (χ3n) is 7.66. The SMILES string of the molecule is CCOC(=O)C1=C(c2ccccc2)N=c2s/c(=C\c3cc(I)cc(I)c3OCc3ccc([N+](=O)[O-])cc3)c(=O)n2[C@@H]1c1ccc(OC)cc1. The number of benzene rings is 4. The van der Waals surface area contributed by atoms with Crippen molar-refractivity contribution in [1.82, 2.24) is 4.57 Å². The van der Waals surface area contributed by atoms with Gasteiger partial charge in [-0.25, -0.2) is 9.79 Å². The molecule has 10 nitrogen and oxygen atoms in total. The fourth-order valence-electron chi connectivity index (χ4n) is 5.39. The van der Waals surface area contributed by atoms with E-state index in [1.807, 2.05) is 54.6 Å². The summed E-state index contributed by atoms with van der Waals surface area (Å²) in [4.78, 5) is 44.1. The number of halogens is 2. The van der Waals surface area contributed by atoms with Crippen LogP contribution in [0.3, 0.4) is 0 Å². The number of ether oxygens (including phenoxy) is 3. The number of methoxy groups -OCH3 is 1. The van der Waals surface area contributed by atoms with E-state index < -0.39 is 16.9 Å². The van der Waals surface area contributed by atoms with Gasteiger partial charge in [0.15, 0.2) is 4.80 Å². The molecule has 5 aromatic rings. The van der Waals surface area contributed by atoms with E-state index in [-0.39, 0.29) is 30.0 Å². The van der Waals surface area contributed by atoms with Crippen LogP contribution in [0.2, 0.25) is 0 Å². The molecule has 0 saturated carbocycles. The van der Waals surface area contributed by atoms with Crippen molar-refractivity contribution in [1.29, 1.82) is 0 Å². The van der Waals surface area contributed by atoms with E-state index in [1.165, 1.54) is 23.5 Å². The summed E-state index contributed by atoms with van der Waals surface area (Å²) in [5.74, 6) is 0.638. The molecule has 2 heterocycles. The number of esters is 1. The molecule has 0 unspecified atom stereocenters. The first-order chi connectivity index (χ1) is 23.7. The summed E-state index contributed by atoms with van der Waals surface area (Å²) in [6.45, 7) is 2.05. The number of fused-ring (bicyclic) bond motifs is 1. The topological polar surface area (TPSA) is 122 Å². The Morgan fingerprint density at radius 3 is 2.41 bits per heavy atom. The molecule has 1 atom stereocenters. The van der Waals surface area contributed by atoms with Gasteiger partial charge in [-0.05, 0) is 106 Å². The maximum Gasteiger partial charge on any atom is 0.338 e. The van der Waals surface area contributed by atoms with Crippen LogP contribution in [-0.2, 0) is 16.1 Å². The van der Waals surface area contributed by atoms with Gasteiger partial charge in [-0.1, -0.05) is 53.8 Å². The second-order valence-electron chi connectivity index (χ2n) is 10.7. The van der Waals surface area contributed by atoms with Gasteiger partial charge in [0, 0.05) is 26.8 Å². The summed E-state index contributed by atoms with van der Waals surface area (Å²) in [5.41, 5.74) is 3.21. The summed E-state index contributed by atoms with van der Waals surface area (Å²) in [6, 6.07) is 25.9. The van der Waals surface area contributed by atoms with Crippen LogP contribution in [0, 0.1) is 17.3 Å². The molecular weight excluding hydrogens is 872 g/mol. The predicted octanol–water partition coefficient (Wildman–Crippen LogP) is 6.64. The van der Waals surface area contributed by atoms with E-state index in [0.717, 1.165) is 18.3 Å². The monoisotopic (exact) mass is 899 g/mol. The normalized spacial score (nSPS) is 14.2. The fraction of sp³-hybridized carbons (Fsp3) is 0.139. The summed E-state index contributed by atoms with van der Waals surface area (Å²) >= 11 is 5.63. The minimum Gasteiger partial charge on any atom is -0.497 e. The molecule has 0 N–H and O–H groups in total. The number of carbonyl (C=O) groups is 1. The highest BCUT2D eigenvalue weighted by Crippen LogP contribution is 2.36. The Kier molecular flexibility index (Phi) is 10.6. The number of nitro groups is 1. The lowest BCUT2D eigenvalue weighted by molar-refractivity contribution is -0.384. The van der Waals surface area contributed by atoms with Crippen molar-refractivity contribution in [3.05, 3.63) is 156 Å². The van der Waals surface area contributed by atoms with Crippen LogP contribution >= 0.6 is 56.5 Å². The van der Waals surface area contributed by atoms with Crippen molar-refractivity contribution in [2.75, 3.05) is 13.7 Å². The van der Waals surface area contributed by atoms with Gasteiger partial charge in [-0.3, -0.25) is 19.5 Å². The Labute approximate surface area is 311 Å². The Hall–Kier alpha value is -4.35. The van der Waals surface area contributed by atoms with Crippen LogP contribution in [0.4, 0.5) is 5.69 Å². The first-order valence-electron chi connectivity index (χ1n) is 15.0. The zero-order valence-corrected chi connectivity index (χ0v) is 31.2. The lowest BCUT2D eigenvalue weighted by Gasteiger charge is -2.26. The van der Waals surface area contributed by atoms with Gasteiger partial charge in [0.2, 0.25) is 0 Å². The molecule has 49 heavy (non-hydrogen) atoms. The molecule has 0 radical (unpaired) electrons. The van der Waals surface area contributed by atoms with E-state index in [9.17, 15) is 19.7 Å². The maximum absolute atomic E-state index is 14.4. The number of thiazole rings is 1. The quantitative estimate of drug-likeness (QED) is 0.0667. The van der Waals surface area contributed by atoms with Gasteiger partial charge in [0.05, 0.1) is 44.1 Å². The minimum atomic E-state index is -0.826. The van der Waals surface area contributed by atoms with Crippen molar-refractivity contribution < 1.29 is 23.9 Å². The molecule has 0 bridgehead atoms. The molecule has 1 aromatic heterocycles. The van der Waals surface area contributed by atoms with Crippen molar-refractivity contribution in [3.63, 3.8) is 0 Å². The summed E-state index contributed by atoms with van der Waals surface area (Å²) < 4.78 is 20.9. The number of nitro benzene ring substituents is 1. The number of nitrogens with zero attached hydrogens (tertiary/aromatic N) is 3. The molecule has 0 spiro atoms. The molecule has 0 saturated heterocycles. The average molecular weight is 900 g/mol. The van der Waals surface area contributed by atoms with Crippen molar-refractivity contribution in [2.45, 2.75) is 19.6 Å². The first-order valence-corrected chi connectivity index (χ1v) is 17.9. The zero-order chi connectivity index (χ0) is 34.7. The van der Waals surface area contributed by atoms with Gasteiger partial charge in [-0.2, -0.15) is 0 Å². The lowest BCUT2D eigenvalue weighted by Crippen LogP contribution is -2.40. The van der Waals surface area contributed by atoms with E-state index in [1.54, 1.807) is 48.9 Å². The molecule has 13 heteroatoms. The van der Waals surface area contributed by atoms with Gasteiger partial charge in [0.1, 0.15) is 18.1 Å². The summed E-state index contributed by atoms with van der Waals surface area (Å²) in [6.07, 6.45) is 1.78. The Morgan fingerprint density at radius 2 is 1.76 bits per heavy atom. The molecule has 0 aliphatic carbocycles. The second kappa shape index (κ2) is 15.0. The van der Waals surface area contributed by atoms with Crippen LogP contribution < -0.4 is 24.4 Å². The van der Waals surface area contributed by atoms with E-state index in [0.29, 0.717) is 37.7 Å². The highest BCUT2D eigenvalue weighted by Gasteiger charge is 2.35. The number of rotatable bonds is 10. The molecule has 4 aromatic carbocycles. The molecule has 0 amide bonds. The third-order valence-corrected chi connectivity index (χ3v) is 10.1. The van der Waals surface area contributed by atoms with Gasteiger partial charge in [0.25, 0.3) is 11.2 Å². The summed E-state index contributed by atoms with van der Waals surface area (Å²) in [5, 5.41) is 11.1. The second-order valence-corrected chi connectivity index (χ2v) is 14.1. The number of carbonyl (C=O) groups excluding carboxylic acids is 1. The zero-order valence-electron chi connectivity index (χ0n) is 26.1. The lowest BCUT2D eigenvalue weighted by atomic mass is 9.93. The van der Waals surface area contributed by atoms with Crippen LogP contribution in [-0.4, -0.2) is 29.2 Å². The van der Waals surface area contributed by atoms with E-state index >= 15 is 0 Å². The molecule has 6 rings (SSSR count). The fourth-order valence-corrected chi connectivity index (χ4v) is 8.43. The van der Waals surface area contributed by atoms with Crippen molar-refractivity contribution in [3.8, 4) is 11.5 Å². The summed E-state index contributed by atoms with van der Waals surface area (Å²) in [7, 11) is 1.57. The third kappa shape index (κ3) is 7.33. The Bertz CT molecular complexity index is 2270. The maximum atomic E-state index is 14.4. The Balaban J connectivity index is 1.52. The molecule has 0 fully saturated rings. The number of hydrogen-bond donors (Lipinski definition) is 0. The van der Waals surface area contributed by atoms with Crippen LogP contribution in [0.5, 0.6) is 11.5 Å². The average Bonchev–Trinajstić information content (AvgIpc) is 3.41. The number of hydrogen-bond acceptors (Lipinski definition) is 9. The highest BCUT2D eigenvalue weighted by molar-refractivity contribution is 14.1. The van der Waals surface area contributed by atoms with Crippen LogP contribution in [0.25, 0.3) is 11.8 Å².